The maximum atomic E-state index is 8.82. The summed E-state index contributed by atoms with van der Waals surface area (Å²) in [6.45, 7) is 4.06. The highest BCUT2D eigenvalue weighted by atomic mass is 16.2. The zero-order chi connectivity index (χ0) is 9.84. The van der Waals surface area contributed by atoms with E-state index in [1.165, 1.54) is 0 Å². The van der Waals surface area contributed by atoms with Gasteiger partial charge in [0.15, 0.2) is 0 Å². The normalized spacial score (nSPS) is 9.69. The molecule has 1 aromatic carbocycles. The SMILES string of the molecule is Cc1cc(CCO)cc(C#N)c1C. The first-order chi connectivity index (χ1) is 6.19. The zero-order valence-corrected chi connectivity index (χ0v) is 7.96. The molecule has 0 heterocycles. The van der Waals surface area contributed by atoms with E-state index >= 15 is 0 Å². The van der Waals surface area contributed by atoms with Crippen LogP contribution in [0, 0.1) is 25.2 Å². The Labute approximate surface area is 78.4 Å². The Morgan fingerprint density at radius 3 is 2.62 bits per heavy atom. The van der Waals surface area contributed by atoms with Crippen molar-refractivity contribution in [1.29, 1.82) is 5.26 Å². The molecule has 0 unspecified atom stereocenters. The van der Waals surface area contributed by atoms with Gasteiger partial charge in [0, 0.05) is 6.61 Å². The van der Waals surface area contributed by atoms with Crippen LogP contribution in [0.2, 0.25) is 0 Å². The quantitative estimate of drug-likeness (QED) is 0.743. The number of nitriles is 1. The molecule has 0 aromatic heterocycles. The Morgan fingerprint density at radius 1 is 1.38 bits per heavy atom. The molecule has 2 heteroatoms. The summed E-state index contributed by atoms with van der Waals surface area (Å²) in [6.07, 6.45) is 0.621. The van der Waals surface area contributed by atoms with Gasteiger partial charge in [0.25, 0.3) is 0 Å². The van der Waals surface area contributed by atoms with Gasteiger partial charge in [0.05, 0.1) is 11.6 Å². The number of aliphatic hydroxyl groups excluding tert-OH is 1. The highest BCUT2D eigenvalue weighted by Crippen LogP contribution is 2.15. The van der Waals surface area contributed by atoms with E-state index in [0.29, 0.717) is 12.0 Å². The first kappa shape index (κ1) is 9.76. The summed E-state index contributed by atoms with van der Waals surface area (Å²) in [5, 5.41) is 17.6. The molecule has 0 spiro atoms. The van der Waals surface area contributed by atoms with Crippen molar-refractivity contribution in [2.75, 3.05) is 6.61 Å². The van der Waals surface area contributed by atoms with Crippen LogP contribution >= 0.6 is 0 Å². The van der Waals surface area contributed by atoms with E-state index in [1.807, 2.05) is 26.0 Å². The van der Waals surface area contributed by atoms with Crippen LogP contribution in [-0.4, -0.2) is 11.7 Å². The number of rotatable bonds is 2. The van der Waals surface area contributed by atoms with E-state index in [4.69, 9.17) is 10.4 Å². The summed E-state index contributed by atoms with van der Waals surface area (Å²) in [6, 6.07) is 6.02. The van der Waals surface area contributed by atoms with Crippen molar-refractivity contribution in [3.05, 3.63) is 34.4 Å². The van der Waals surface area contributed by atoms with Gasteiger partial charge in [-0.25, -0.2) is 0 Å². The summed E-state index contributed by atoms with van der Waals surface area (Å²) in [4.78, 5) is 0. The Bertz CT molecular complexity index is 350. The number of aryl methyl sites for hydroxylation is 1. The number of hydrogen-bond acceptors (Lipinski definition) is 2. The molecule has 68 valence electrons. The molecule has 0 saturated heterocycles. The topological polar surface area (TPSA) is 44.0 Å². The lowest BCUT2D eigenvalue weighted by atomic mass is 9.99. The Kier molecular flexibility index (Phi) is 3.05. The van der Waals surface area contributed by atoms with Crippen molar-refractivity contribution >= 4 is 0 Å². The Hall–Kier alpha value is -1.33. The molecular formula is C11H13NO. The molecule has 2 nitrogen and oxygen atoms in total. The van der Waals surface area contributed by atoms with Crippen molar-refractivity contribution in [1.82, 2.24) is 0 Å². The van der Waals surface area contributed by atoms with Gasteiger partial charge in [-0.2, -0.15) is 5.26 Å². The summed E-state index contributed by atoms with van der Waals surface area (Å²) in [5.41, 5.74) is 3.89. The first-order valence-electron chi connectivity index (χ1n) is 4.30. The van der Waals surface area contributed by atoms with Crippen LogP contribution in [0.4, 0.5) is 0 Å². The van der Waals surface area contributed by atoms with Crippen molar-refractivity contribution < 1.29 is 5.11 Å². The van der Waals surface area contributed by atoms with Gasteiger partial charge >= 0.3 is 0 Å². The standard InChI is InChI=1S/C11H13NO/c1-8-5-10(3-4-13)6-11(7-12)9(8)2/h5-6,13H,3-4H2,1-2H3. The maximum Gasteiger partial charge on any atom is 0.0994 e. The fourth-order valence-electron chi connectivity index (χ4n) is 1.32. The van der Waals surface area contributed by atoms with Crippen molar-refractivity contribution in [2.24, 2.45) is 0 Å². The lowest BCUT2D eigenvalue weighted by Gasteiger charge is -2.05. The summed E-state index contributed by atoms with van der Waals surface area (Å²) in [5.74, 6) is 0. The lowest BCUT2D eigenvalue weighted by molar-refractivity contribution is 0.299. The van der Waals surface area contributed by atoms with Crippen molar-refractivity contribution in [3.8, 4) is 6.07 Å². The maximum absolute atomic E-state index is 8.82. The molecular weight excluding hydrogens is 162 g/mol. The minimum absolute atomic E-state index is 0.132. The van der Waals surface area contributed by atoms with E-state index in [1.54, 1.807) is 0 Å². The van der Waals surface area contributed by atoms with Crippen LogP contribution in [0.25, 0.3) is 0 Å². The number of benzene rings is 1. The molecule has 0 aliphatic heterocycles. The molecule has 0 atom stereocenters. The second-order valence-electron chi connectivity index (χ2n) is 3.17. The predicted molar refractivity (Wildman–Crippen MR) is 51.4 cm³/mol. The third kappa shape index (κ3) is 2.07. The van der Waals surface area contributed by atoms with Crippen LogP contribution in [0.1, 0.15) is 22.3 Å². The molecule has 0 fully saturated rings. The van der Waals surface area contributed by atoms with Crippen LogP contribution < -0.4 is 0 Å². The van der Waals surface area contributed by atoms with Crippen LogP contribution in [0.5, 0.6) is 0 Å². The van der Waals surface area contributed by atoms with E-state index in [-0.39, 0.29) is 6.61 Å². The third-order valence-electron chi connectivity index (χ3n) is 2.25. The number of nitrogens with zero attached hydrogens (tertiary/aromatic N) is 1. The second kappa shape index (κ2) is 4.06. The molecule has 1 aromatic rings. The van der Waals surface area contributed by atoms with E-state index in [9.17, 15) is 0 Å². The summed E-state index contributed by atoms with van der Waals surface area (Å²) >= 11 is 0. The van der Waals surface area contributed by atoms with Crippen molar-refractivity contribution in [2.45, 2.75) is 20.3 Å². The largest absolute Gasteiger partial charge is 0.396 e. The monoisotopic (exact) mass is 175 g/mol. The van der Waals surface area contributed by atoms with E-state index in [0.717, 1.165) is 16.7 Å². The fraction of sp³-hybridized carbons (Fsp3) is 0.364. The van der Waals surface area contributed by atoms with Gasteiger partial charge in [0.2, 0.25) is 0 Å². The molecule has 0 aliphatic rings. The van der Waals surface area contributed by atoms with Gasteiger partial charge in [0.1, 0.15) is 0 Å². The molecule has 0 radical (unpaired) electrons. The van der Waals surface area contributed by atoms with Gasteiger partial charge in [-0.05, 0) is 43.0 Å². The zero-order valence-electron chi connectivity index (χ0n) is 7.96. The minimum Gasteiger partial charge on any atom is -0.396 e. The van der Waals surface area contributed by atoms with Gasteiger partial charge in [-0.1, -0.05) is 6.07 Å². The smallest absolute Gasteiger partial charge is 0.0994 e. The predicted octanol–water partition coefficient (Wildman–Crippen LogP) is 1.71. The summed E-state index contributed by atoms with van der Waals surface area (Å²) in [7, 11) is 0. The average molecular weight is 175 g/mol. The third-order valence-corrected chi connectivity index (χ3v) is 2.25. The van der Waals surface area contributed by atoms with Gasteiger partial charge in [-0.15, -0.1) is 0 Å². The summed E-state index contributed by atoms with van der Waals surface area (Å²) < 4.78 is 0. The lowest BCUT2D eigenvalue weighted by Crippen LogP contribution is -1.95. The highest BCUT2D eigenvalue weighted by molar-refractivity contribution is 5.44. The van der Waals surface area contributed by atoms with Gasteiger partial charge in [-0.3, -0.25) is 0 Å². The Morgan fingerprint density at radius 2 is 2.08 bits per heavy atom. The number of aliphatic hydroxyl groups is 1. The molecule has 1 rings (SSSR count). The minimum atomic E-state index is 0.132. The highest BCUT2D eigenvalue weighted by Gasteiger charge is 2.02. The van der Waals surface area contributed by atoms with Crippen LogP contribution in [-0.2, 0) is 6.42 Å². The van der Waals surface area contributed by atoms with Gasteiger partial charge < -0.3 is 5.11 Å². The molecule has 1 N–H and O–H groups in total. The molecule has 0 aliphatic carbocycles. The molecule has 0 amide bonds. The number of hydrogen-bond donors (Lipinski definition) is 1. The van der Waals surface area contributed by atoms with Crippen molar-refractivity contribution in [3.63, 3.8) is 0 Å². The van der Waals surface area contributed by atoms with Crippen LogP contribution in [0.3, 0.4) is 0 Å². The molecule has 0 saturated carbocycles. The van der Waals surface area contributed by atoms with E-state index in [2.05, 4.69) is 6.07 Å². The molecule has 13 heavy (non-hydrogen) atoms. The second-order valence-corrected chi connectivity index (χ2v) is 3.17. The van der Waals surface area contributed by atoms with Crippen LogP contribution in [0.15, 0.2) is 12.1 Å². The fourth-order valence-corrected chi connectivity index (χ4v) is 1.32. The van der Waals surface area contributed by atoms with E-state index < -0.39 is 0 Å². The first-order valence-corrected chi connectivity index (χ1v) is 4.30. The Balaban J connectivity index is 3.16. The molecule has 0 bridgehead atoms. The average Bonchev–Trinajstić information content (AvgIpc) is 2.11.